The summed E-state index contributed by atoms with van der Waals surface area (Å²) in [7, 11) is 1.91. The van der Waals surface area contributed by atoms with Gasteiger partial charge in [0.15, 0.2) is 4.80 Å². The predicted molar refractivity (Wildman–Crippen MR) is 90.9 cm³/mol. The quantitative estimate of drug-likeness (QED) is 0.707. The molecule has 0 radical (unpaired) electrons. The van der Waals surface area contributed by atoms with Crippen LogP contribution in [0.15, 0.2) is 41.4 Å². The van der Waals surface area contributed by atoms with Crippen molar-refractivity contribution in [2.45, 2.75) is 20.3 Å². The fourth-order valence-electron chi connectivity index (χ4n) is 2.41. The van der Waals surface area contributed by atoms with Crippen LogP contribution in [0.2, 0.25) is 0 Å². The minimum Gasteiger partial charge on any atom is -0.319 e. The highest BCUT2D eigenvalue weighted by molar-refractivity contribution is 7.16. The van der Waals surface area contributed by atoms with E-state index in [0.29, 0.717) is 4.80 Å². The van der Waals surface area contributed by atoms with Crippen molar-refractivity contribution in [3.05, 3.63) is 63.7 Å². The van der Waals surface area contributed by atoms with Gasteiger partial charge in [-0.2, -0.15) is 4.99 Å². The first-order chi connectivity index (χ1) is 10.9. The molecule has 0 aliphatic rings. The number of halogens is 1. The van der Waals surface area contributed by atoms with Gasteiger partial charge in [-0.1, -0.05) is 23.5 Å². The highest BCUT2D eigenvalue weighted by atomic mass is 32.1. The zero-order valence-electron chi connectivity index (χ0n) is 13.3. The zero-order chi connectivity index (χ0) is 16.6. The third-order valence-corrected chi connectivity index (χ3v) is 5.01. The molecule has 3 aromatic rings. The van der Waals surface area contributed by atoms with Crippen molar-refractivity contribution in [3.8, 4) is 0 Å². The molecule has 118 valence electrons. The Morgan fingerprint density at radius 1 is 1.17 bits per heavy atom. The molecule has 23 heavy (non-hydrogen) atoms. The fourth-order valence-corrected chi connectivity index (χ4v) is 3.52. The van der Waals surface area contributed by atoms with E-state index in [2.05, 4.69) is 31.0 Å². The normalized spacial score (nSPS) is 12.1. The third-order valence-electron chi connectivity index (χ3n) is 3.91. The monoisotopic (exact) mass is 328 g/mol. The van der Waals surface area contributed by atoms with Crippen molar-refractivity contribution in [3.63, 3.8) is 0 Å². The van der Waals surface area contributed by atoms with E-state index in [4.69, 9.17) is 0 Å². The van der Waals surface area contributed by atoms with Crippen LogP contribution in [-0.4, -0.2) is 10.5 Å². The van der Waals surface area contributed by atoms with Crippen molar-refractivity contribution in [2.75, 3.05) is 0 Å². The van der Waals surface area contributed by atoms with Crippen LogP contribution in [0.1, 0.15) is 16.7 Å². The molecule has 2 aromatic carbocycles. The van der Waals surface area contributed by atoms with Gasteiger partial charge in [0, 0.05) is 7.05 Å². The maximum atomic E-state index is 12.9. The Kier molecular flexibility index (Phi) is 4.13. The minimum absolute atomic E-state index is 0.173. The van der Waals surface area contributed by atoms with E-state index < -0.39 is 0 Å². The summed E-state index contributed by atoms with van der Waals surface area (Å²) in [5, 5.41) is 0. The number of thiazole rings is 1. The Hall–Kier alpha value is -2.27. The van der Waals surface area contributed by atoms with Crippen molar-refractivity contribution in [2.24, 2.45) is 12.0 Å². The van der Waals surface area contributed by atoms with E-state index in [-0.39, 0.29) is 18.1 Å². The van der Waals surface area contributed by atoms with Crippen molar-refractivity contribution in [1.29, 1.82) is 0 Å². The summed E-state index contributed by atoms with van der Waals surface area (Å²) >= 11 is 1.50. The lowest BCUT2D eigenvalue weighted by Gasteiger charge is -2.01. The Labute approximate surface area is 137 Å². The van der Waals surface area contributed by atoms with Gasteiger partial charge >= 0.3 is 0 Å². The van der Waals surface area contributed by atoms with Gasteiger partial charge in [-0.3, -0.25) is 4.79 Å². The van der Waals surface area contributed by atoms with Gasteiger partial charge in [0.05, 0.1) is 16.6 Å². The molecule has 0 atom stereocenters. The molecular weight excluding hydrogens is 311 g/mol. The minimum atomic E-state index is -0.306. The number of carbonyl (C=O) groups excluding carboxylic acids is 1. The van der Waals surface area contributed by atoms with Crippen LogP contribution in [0.3, 0.4) is 0 Å². The second kappa shape index (κ2) is 6.08. The Balaban J connectivity index is 1.95. The van der Waals surface area contributed by atoms with Gasteiger partial charge in [0.1, 0.15) is 5.82 Å². The molecule has 0 spiro atoms. The number of hydrogen-bond donors (Lipinski definition) is 0. The maximum Gasteiger partial charge on any atom is 0.252 e. The third kappa shape index (κ3) is 3.24. The molecule has 0 bridgehead atoms. The van der Waals surface area contributed by atoms with Gasteiger partial charge < -0.3 is 4.57 Å². The van der Waals surface area contributed by atoms with Crippen LogP contribution in [0.5, 0.6) is 0 Å². The highest BCUT2D eigenvalue weighted by Crippen LogP contribution is 2.21. The van der Waals surface area contributed by atoms with E-state index in [1.54, 1.807) is 12.1 Å². The lowest BCUT2D eigenvalue weighted by molar-refractivity contribution is -0.117. The number of rotatable bonds is 2. The number of aryl methyl sites for hydroxylation is 3. The summed E-state index contributed by atoms with van der Waals surface area (Å²) < 4.78 is 16.0. The first-order valence-corrected chi connectivity index (χ1v) is 8.14. The van der Waals surface area contributed by atoms with E-state index in [1.165, 1.54) is 34.6 Å². The topological polar surface area (TPSA) is 34.4 Å². The molecule has 3 rings (SSSR count). The molecule has 0 N–H and O–H groups in total. The molecule has 0 unspecified atom stereocenters. The number of carbonyl (C=O) groups is 1. The number of aromatic nitrogens is 1. The second-order valence-corrected chi connectivity index (χ2v) is 6.67. The maximum absolute atomic E-state index is 12.9. The van der Waals surface area contributed by atoms with Gasteiger partial charge in [-0.15, -0.1) is 0 Å². The van der Waals surface area contributed by atoms with Crippen LogP contribution in [0.25, 0.3) is 10.2 Å². The van der Waals surface area contributed by atoms with E-state index >= 15 is 0 Å². The summed E-state index contributed by atoms with van der Waals surface area (Å²) in [6, 6.07) is 10.2. The van der Waals surface area contributed by atoms with Crippen molar-refractivity contribution < 1.29 is 9.18 Å². The summed E-state index contributed by atoms with van der Waals surface area (Å²) in [6.45, 7) is 4.15. The molecule has 3 nitrogen and oxygen atoms in total. The standard InChI is InChI=1S/C18H17FN2OS/c1-11-8-15-16(9-12(11)2)23-18(21(15)3)20-17(22)10-13-4-6-14(19)7-5-13/h4-9H,10H2,1-3H3. The van der Waals surface area contributed by atoms with E-state index in [0.717, 1.165) is 15.8 Å². The summed E-state index contributed by atoms with van der Waals surface area (Å²) in [5.41, 5.74) is 4.28. The zero-order valence-corrected chi connectivity index (χ0v) is 14.1. The summed E-state index contributed by atoms with van der Waals surface area (Å²) in [4.78, 5) is 17.1. The van der Waals surface area contributed by atoms with Crippen LogP contribution in [-0.2, 0) is 18.3 Å². The average Bonchev–Trinajstić information content (AvgIpc) is 2.78. The smallest absolute Gasteiger partial charge is 0.252 e. The molecule has 0 fully saturated rings. The number of fused-ring (bicyclic) bond motifs is 1. The van der Waals surface area contributed by atoms with E-state index in [9.17, 15) is 9.18 Å². The lowest BCUT2D eigenvalue weighted by Crippen LogP contribution is -2.14. The van der Waals surface area contributed by atoms with Gasteiger partial charge in [-0.05, 0) is 54.8 Å². The van der Waals surface area contributed by atoms with Gasteiger partial charge in [0.25, 0.3) is 5.91 Å². The molecule has 5 heteroatoms. The molecular formula is C18H17FN2OS. The largest absolute Gasteiger partial charge is 0.319 e. The molecule has 0 saturated heterocycles. The highest BCUT2D eigenvalue weighted by Gasteiger charge is 2.07. The Morgan fingerprint density at radius 3 is 2.52 bits per heavy atom. The van der Waals surface area contributed by atoms with Crippen LogP contribution < -0.4 is 4.80 Å². The average molecular weight is 328 g/mol. The van der Waals surface area contributed by atoms with Gasteiger partial charge in [0.2, 0.25) is 0 Å². The first kappa shape index (κ1) is 15.6. The second-order valence-electron chi connectivity index (χ2n) is 5.66. The summed E-state index contributed by atoms with van der Waals surface area (Å²) in [6.07, 6.45) is 0.173. The van der Waals surface area contributed by atoms with Crippen LogP contribution in [0, 0.1) is 19.7 Å². The SMILES string of the molecule is Cc1cc2sc(=NC(=O)Cc3ccc(F)cc3)n(C)c2cc1C. The number of benzene rings is 2. The number of amides is 1. The summed E-state index contributed by atoms with van der Waals surface area (Å²) in [5.74, 6) is -0.535. The molecule has 1 heterocycles. The molecule has 1 amide bonds. The Bertz CT molecular complexity index is 952. The van der Waals surface area contributed by atoms with Crippen molar-refractivity contribution in [1.82, 2.24) is 4.57 Å². The molecule has 0 saturated carbocycles. The predicted octanol–water partition coefficient (Wildman–Crippen LogP) is 3.67. The van der Waals surface area contributed by atoms with Crippen LogP contribution >= 0.6 is 11.3 Å². The molecule has 1 aromatic heterocycles. The number of nitrogens with zero attached hydrogens (tertiary/aromatic N) is 2. The lowest BCUT2D eigenvalue weighted by atomic mass is 10.1. The number of hydrogen-bond acceptors (Lipinski definition) is 2. The molecule has 0 aliphatic heterocycles. The van der Waals surface area contributed by atoms with Gasteiger partial charge in [-0.25, -0.2) is 4.39 Å². The van der Waals surface area contributed by atoms with Crippen molar-refractivity contribution >= 4 is 27.5 Å². The molecule has 0 aliphatic carbocycles. The first-order valence-electron chi connectivity index (χ1n) is 7.33. The Morgan fingerprint density at radius 2 is 1.83 bits per heavy atom. The fraction of sp³-hybridized carbons (Fsp3) is 0.222. The van der Waals surface area contributed by atoms with Crippen LogP contribution in [0.4, 0.5) is 4.39 Å². The van der Waals surface area contributed by atoms with E-state index in [1.807, 2.05) is 11.6 Å².